The lowest BCUT2D eigenvalue weighted by Crippen LogP contribution is -2.02. The van der Waals surface area contributed by atoms with Crippen molar-refractivity contribution >= 4 is 16.8 Å². The Labute approximate surface area is 184 Å². The van der Waals surface area contributed by atoms with Gasteiger partial charge in [0.2, 0.25) is 0 Å². The second-order valence-electron chi connectivity index (χ2n) is 7.84. The topological polar surface area (TPSA) is 57.0 Å². The van der Waals surface area contributed by atoms with Gasteiger partial charge < -0.3 is 4.74 Å². The number of ketones is 1. The SMILES string of the molecule is COc1ccc(-c2c3c(nc4c2c(C)nn4-c2ccccc2)-c2ccccc2C3=O)cc1. The molecule has 3 aromatic carbocycles. The molecule has 1 aliphatic rings. The number of hydrogen-bond donors (Lipinski definition) is 0. The molecule has 1 aliphatic carbocycles. The van der Waals surface area contributed by atoms with E-state index in [-0.39, 0.29) is 5.78 Å². The Balaban J connectivity index is 1.75. The molecule has 5 aromatic rings. The number of para-hydroxylation sites is 1. The average molecular weight is 417 g/mol. The molecule has 0 fully saturated rings. The second kappa shape index (κ2) is 6.89. The maximum absolute atomic E-state index is 13.5. The minimum atomic E-state index is 0.00248. The maximum Gasteiger partial charge on any atom is 0.196 e. The summed E-state index contributed by atoms with van der Waals surface area (Å²) in [7, 11) is 1.64. The first kappa shape index (κ1) is 18.5. The summed E-state index contributed by atoms with van der Waals surface area (Å²) in [5.74, 6) is 0.768. The van der Waals surface area contributed by atoms with Crippen molar-refractivity contribution in [3.63, 3.8) is 0 Å². The third kappa shape index (κ3) is 2.54. The number of hydrogen-bond acceptors (Lipinski definition) is 4. The fourth-order valence-corrected chi connectivity index (χ4v) is 4.55. The van der Waals surface area contributed by atoms with Gasteiger partial charge in [-0.2, -0.15) is 5.10 Å². The van der Waals surface area contributed by atoms with Gasteiger partial charge in [0.15, 0.2) is 11.4 Å². The summed E-state index contributed by atoms with van der Waals surface area (Å²) in [6, 6.07) is 25.4. The van der Waals surface area contributed by atoms with Gasteiger partial charge in [0.05, 0.1) is 35.1 Å². The number of aromatic nitrogens is 3. The van der Waals surface area contributed by atoms with Gasteiger partial charge in [0.1, 0.15) is 5.75 Å². The molecule has 0 bridgehead atoms. The predicted molar refractivity (Wildman–Crippen MR) is 124 cm³/mol. The van der Waals surface area contributed by atoms with Gasteiger partial charge in [-0.25, -0.2) is 9.67 Å². The van der Waals surface area contributed by atoms with Crippen molar-refractivity contribution in [2.24, 2.45) is 0 Å². The highest BCUT2D eigenvalue weighted by Crippen LogP contribution is 2.45. The van der Waals surface area contributed by atoms with Gasteiger partial charge >= 0.3 is 0 Å². The molecule has 0 saturated heterocycles. The lowest BCUT2D eigenvalue weighted by Gasteiger charge is -2.12. The van der Waals surface area contributed by atoms with Gasteiger partial charge in [-0.3, -0.25) is 4.79 Å². The molecule has 0 aliphatic heterocycles. The highest BCUT2D eigenvalue weighted by Gasteiger charge is 2.34. The number of carbonyl (C=O) groups is 1. The zero-order chi connectivity index (χ0) is 21.8. The van der Waals surface area contributed by atoms with Crippen molar-refractivity contribution in [2.75, 3.05) is 7.11 Å². The molecule has 6 rings (SSSR count). The maximum atomic E-state index is 13.5. The summed E-state index contributed by atoms with van der Waals surface area (Å²) in [6.07, 6.45) is 0. The molecule has 2 aromatic heterocycles. The standard InChI is InChI=1S/C27H19N3O2/c1-16-22-23(17-12-14-19(32-2)15-13-17)24-25(20-10-6-7-11-21(20)26(24)31)28-27(22)30(29-16)18-8-4-3-5-9-18/h3-15H,1-2H3. The molecule has 0 spiro atoms. The first-order chi connectivity index (χ1) is 15.7. The Morgan fingerprint density at radius 1 is 0.812 bits per heavy atom. The number of benzene rings is 3. The van der Waals surface area contributed by atoms with Gasteiger partial charge in [0.25, 0.3) is 0 Å². The molecule has 2 heterocycles. The lowest BCUT2D eigenvalue weighted by atomic mass is 9.94. The molecule has 5 nitrogen and oxygen atoms in total. The van der Waals surface area contributed by atoms with Crippen molar-refractivity contribution in [3.05, 3.63) is 95.7 Å². The molecule has 0 unspecified atom stereocenters. The van der Waals surface area contributed by atoms with Crippen molar-refractivity contribution in [3.8, 4) is 33.8 Å². The van der Waals surface area contributed by atoms with Crippen LogP contribution in [0.3, 0.4) is 0 Å². The Bertz CT molecular complexity index is 1520. The van der Waals surface area contributed by atoms with E-state index in [0.717, 1.165) is 44.9 Å². The molecule has 0 saturated carbocycles. The van der Waals surface area contributed by atoms with Crippen LogP contribution in [0, 0.1) is 6.92 Å². The molecule has 32 heavy (non-hydrogen) atoms. The minimum absolute atomic E-state index is 0.00248. The quantitative estimate of drug-likeness (QED) is 0.375. The summed E-state index contributed by atoms with van der Waals surface area (Å²) in [4.78, 5) is 18.6. The summed E-state index contributed by atoms with van der Waals surface area (Å²) >= 11 is 0. The molecular weight excluding hydrogens is 398 g/mol. The number of carbonyl (C=O) groups excluding carboxylic acids is 1. The fourth-order valence-electron chi connectivity index (χ4n) is 4.55. The Hall–Kier alpha value is -4.25. The van der Waals surface area contributed by atoms with Crippen LogP contribution < -0.4 is 4.74 Å². The number of methoxy groups -OCH3 is 1. The molecule has 5 heteroatoms. The minimum Gasteiger partial charge on any atom is -0.497 e. The van der Waals surface area contributed by atoms with E-state index < -0.39 is 0 Å². The van der Waals surface area contributed by atoms with E-state index in [4.69, 9.17) is 14.8 Å². The number of pyridine rings is 1. The highest BCUT2D eigenvalue weighted by atomic mass is 16.5. The second-order valence-corrected chi connectivity index (χ2v) is 7.84. The first-order valence-corrected chi connectivity index (χ1v) is 10.4. The molecule has 0 radical (unpaired) electrons. The van der Waals surface area contributed by atoms with Crippen LogP contribution in [-0.4, -0.2) is 27.7 Å². The van der Waals surface area contributed by atoms with E-state index in [1.807, 2.05) is 90.5 Å². The van der Waals surface area contributed by atoms with Crippen LogP contribution in [-0.2, 0) is 0 Å². The van der Waals surface area contributed by atoms with Crippen LogP contribution in [0.15, 0.2) is 78.9 Å². The van der Waals surface area contributed by atoms with E-state index in [9.17, 15) is 4.79 Å². The van der Waals surface area contributed by atoms with Crippen molar-refractivity contribution in [1.29, 1.82) is 0 Å². The molecular formula is C27H19N3O2. The van der Waals surface area contributed by atoms with E-state index in [1.54, 1.807) is 7.11 Å². The third-order valence-corrected chi connectivity index (χ3v) is 6.02. The van der Waals surface area contributed by atoms with Crippen molar-refractivity contribution < 1.29 is 9.53 Å². The number of rotatable bonds is 3. The molecule has 0 N–H and O–H groups in total. The summed E-state index contributed by atoms with van der Waals surface area (Å²) in [5, 5.41) is 5.71. The molecule has 0 amide bonds. The van der Waals surface area contributed by atoms with Crippen molar-refractivity contribution in [1.82, 2.24) is 14.8 Å². The normalized spacial score (nSPS) is 12.1. The van der Waals surface area contributed by atoms with E-state index >= 15 is 0 Å². The zero-order valence-electron chi connectivity index (χ0n) is 17.7. The van der Waals surface area contributed by atoms with Gasteiger partial charge in [-0.15, -0.1) is 0 Å². The van der Waals surface area contributed by atoms with Crippen LogP contribution in [0.1, 0.15) is 21.6 Å². The largest absolute Gasteiger partial charge is 0.497 e. The van der Waals surface area contributed by atoms with Crippen LogP contribution in [0.25, 0.3) is 39.1 Å². The summed E-state index contributed by atoms with van der Waals surface area (Å²) in [6.45, 7) is 1.97. The Kier molecular flexibility index (Phi) is 3.98. The molecule has 154 valence electrons. The van der Waals surface area contributed by atoms with E-state index in [0.29, 0.717) is 16.8 Å². The molecule has 0 atom stereocenters. The monoisotopic (exact) mass is 417 g/mol. The summed E-state index contributed by atoms with van der Waals surface area (Å²) < 4.78 is 7.21. The lowest BCUT2D eigenvalue weighted by molar-refractivity contribution is 0.104. The van der Waals surface area contributed by atoms with E-state index in [2.05, 4.69) is 0 Å². The number of fused-ring (bicyclic) bond motifs is 4. The fraction of sp³-hybridized carbons (Fsp3) is 0.0741. The number of nitrogens with zero attached hydrogens (tertiary/aromatic N) is 3. The van der Waals surface area contributed by atoms with Crippen LogP contribution in [0.5, 0.6) is 5.75 Å². The average Bonchev–Trinajstić information content (AvgIpc) is 3.33. The van der Waals surface area contributed by atoms with Crippen LogP contribution >= 0.6 is 0 Å². The third-order valence-electron chi connectivity index (χ3n) is 6.02. The summed E-state index contributed by atoms with van der Waals surface area (Å²) in [5.41, 5.74) is 7.20. The smallest absolute Gasteiger partial charge is 0.196 e. The predicted octanol–water partition coefficient (Wildman–Crippen LogP) is 5.62. The van der Waals surface area contributed by atoms with Gasteiger partial charge in [-0.1, -0.05) is 54.6 Å². The Morgan fingerprint density at radius 3 is 2.22 bits per heavy atom. The first-order valence-electron chi connectivity index (χ1n) is 10.4. The number of ether oxygens (including phenoxy) is 1. The van der Waals surface area contributed by atoms with Gasteiger partial charge in [0, 0.05) is 16.7 Å². The number of aryl methyl sites for hydroxylation is 1. The zero-order valence-corrected chi connectivity index (χ0v) is 17.7. The van der Waals surface area contributed by atoms with Crippen LogP contribution in [0.4, 0.5) is 0 Å². The van der Waals surface area contributed by atoms with Crippen molar-refractivity contribution in [2.45, 2.75) is 6.92 Å². The van der Waals surface area contributed by atoms with Gasteiger partial charge in [-0.05, 0) is 36.8 Å². The van der Waals surface area contributed by atoms with E-state index in [1.165, 1.54) is 0 Å². The van der Waals surface area contributed by atoms with Crippen LogP contribution in [0.2, 0.25) is 0 Å². The Morgan fingerprint density at radius 2 is 1.50 bits per heavy atom. The highest BCUT2D eigenvalue weighted by molar-refractivity contribution is 6.26.